The summed E-state index contributed by atoms with van der Waals surface area (Å²) in [6.45, 7) is 3.93. The van der Waals surface area contributed by atoms with Gasteiger partial charge in [0.2, 0.25) is 11.8 Å². The predicted octanol–water partition coefficient (Wildman–Crippen LogP) is 1.79. The fourth-order valence-corrected chi connectivity index (χ4v) is 4.37. The Hall–Kier alpha value is -0.930. The van der Waals surface area contributed by atoms with Crippen LogP contribution in [0.5, 0.6) is 0 Å². The van der Waals surface area contributed by atoms with Gasteiger partial charge in [0.15, 0.2) is 5.13 Å². The maximum Gasteiger partial charge on any atom is 0.228 e. The van der Waals surface area contributed by atoms with E-state index >= 15 is 0 Å². The maximum atomic E-state index is 12.3. The molecule has 0 atom stereocenters. The molecule has 2 amide bonds. The minimum absolute atomic E-state index is 0. The summed E-state index contributed by atoms with van der Waals surface area (Å²) in [6.07, 6.45) is 3.72. The second-order valence-corrected chi connectivity index (χ2v) is 7.74. The predicted molar refractivity (Wildman–Crippen MR) is 111 cm³/mol. The van der Waals surface area contributed by atoms with Crippen molar-refractivity contribution in [2.45, 2.75) is 32.1 Å². The van der Waals surface area contributed by atoms with Crippen LogP contribution in [-0.4, -0.2) is 56.7 Å². The van der Waals surface area contributed by atoms with Crippen LogP contribution in [-0.2, 0) is 20.7 Å². The number of anilines is 1. The number of rotatable bonds is 7. The molecule has 0 aromatic carbocycles. The fraction of sp³-hybridized carbons (Fsp3) is 0.706. The number of carbonyl (C=O) groups is 2. The monoisotopic (exact) mass is 438 g/mol. The number of piperidine rings is 1. The van der Waals surface area contributed by atoms with Crippen molar-refractivity contribution < 1.29 is 14.3 Å². The molecule has 0 saturated carbocycles. The molecule has 0 radical (unpaired) electrons. The molecule has 0 unspecified atom stereocenters. The van der Waals surface area contributed by atoms with E-state index < -0.39 is 0 Å². The highest BCUT2D eigenvalue weighted by Gasteiger charge is 2.32. The van der Waals surface area contributed by atoms with E-state index in [1.54, 1.807) is 12.0 Å². The summed E-state index contributed by atoms with van der Waals surface area (Å²) in [4.78, 5) is 30.3. The molecule has 7 nitrogen and oxygen atoms in total. The Bertz CT molecular complexity index is 618. The smallest absolute Gasteiger partial charge is 0.228 e. The van der Waals surface area contributed by atoms with E-state index in [1.807, 2.05) is 5.38 Å². The number of nitrogens with zero attached hydrogens (tertiary/aromatic N) is 2. The molecular weight excluding hydrogens is 411 g/mol. The Morgan fingerprint density at radius 1 is 1.41 bits per heavy atom. The van der Waals surface area contributed by atoms with E-state index in [0.717, 1.165) is 44.6 Å². The molecule has 3 heterocycles. The Morgan fingerprint density at radius 2 is 2.15 bits per heavy atom. The van der Waals surface area contributed by atoms with E-state index in [9.17, 15) is 9.59 Å². The average molecular weight is 439 g/mol. The molecule has 2 N–H and O–H groups in total. The third-order valence-electron chi connectivity index (χ3n) is 4.96. The molecule has 0 aliphatic carbocycles. The molecule has 2 fully saturated rings. The normalized spacial score (nSPS) is 18.6. The zero-order chi connectivity index (χ0) is 17.7. The first-order valence-corrected chi connectivity index (χ1v) is 9.71. The van der Waals surface area contributed by atoms with Crippen molar-refractivity contribution in [2.75, 3.05) is 44.8 Å². The third-order valence-corrected chi connectivity index (χ3v) is 5.87. The van der Waals surface area contributed by atoms with Crippen LogP contribution in [0.15, 0.2) is 5.38 Å². The number of thiazole rings is 1. The number of nitrogens with one attached hydrogen (secondary N) is 2. The Labute approximate surface area is 176 Å². The van der Waals surface area contributed by atoms with Gasteiger partial charge in [-0.3, -0.25) is 14.5 Å². The summed E-state index contributed by atoms with van der Waals surface area (Å²) in [5.74, 6) is 0.0939. The van der Waals surface area contributed by atoms with Crippen molar-refractivity contribution in [3.8, 4) is 0 Å². The van der Waals surface area contributed by atoms with Crippen LogP contribution >= 0.6 is 36.2 Å². The van der Waals surface area contributed by atoms with Gasteiger partial charge in [-0.2, -0.15) is 0 Å². The van der Waals surface area contributed by atoms with Crippen molar-refractivity contribution in [1.82, 2.24) is 15.6 Å². The summed E-state index contributed by atoms with van der Waals surface area (Å²) in [6, 6.07) is 0. The first-order valence-electron chi connectivity index (χ1n) is 8.83. The molecule has 0 spiro atoms. The highest BCUT2D eigenvalue weighted by molar-refractivity contribution is 7.14. The number of hydrogen-bond donors (Lipinski definition) is 2. The van der Waals surface area contributed by atoms with Crippen LogP contribution in [0.4, 0.5) is 5.13 Å². The molecule has 2 aliphatic heterocycles. The van der Waals surface area contributed by atoms with Gasteiger partial charge < -0.3 is 15.4 Å². The summed E-state index contributed by atoms with van der Waals surface area (Å²) in [7, 11) is 1.71. The van der Waals surface area contributed by atoms with Gasteiger partial charge >= 0.3 is 0 Å². The van der Waals surface area contributed by atoms with E-state index in [4.69, 9.17) is 4.74 Å². The lowest BCUT2D eigenvalue weighted by Gasteiger charge is -2.37. The van der Waals surface area contributed by atoms with Gasteiger partial charge in [0.25, 0.3) is 0 Å². The van der Waals surface area contributed by atoms with Crippen LogP contribution in [0.1, 0.15) is 31.4 Å². The van der Waals surface area contributed by atoms with Crippen LogP contribution in [0.2, 0.25) is 0 Å². The Morgan fingerprint density at radius 3 is 2.78 bits per heavy atom. The molecule has 2 aliphatic rings. The van der Waals surface area contributed by atoms with Gasteiger partial charge in [0, 0.05) is 37.4 Å². The quantitative estimate of drug-likeness (QED) is 0.677. The summed E-state index contributed by atoms with van der Waals surface area (Å²) in [5.41, 5.74) is 0.744. The van der Waals surface area contributed by atoms with Gasteiger partial charge in [-0.1, -0.05) is 0 Å². The SMILES string of the molecule is COCC1(CNC(=O)Cc2csc(N3CCCC3=O)n2)CCNCC1.Cl.Cl. The van der Waals surface area contributed by atoms with Crippen molar-refractivity contribution in [2.24, 2.45) is 5.41 Å². The van der Waals surface area contributed by atoms with Crippen LogP contribution in [0.25, 0.3) is 0 Å². The zero-order valence-corrected chi connectivity index (χ0v) is 17.9. The molecule has 0 bridgehead atoms. The van der Waals surface area contributed by atoms with E-state index in [2.05, 4.69) is 15.6 Å². The molecule has 27 heavy (non-hydrogen) atoms. The highest BCUT2D eigenvalue weighted by Crippen LogP contribution is 2.28. The molecule has 2 saturated heterocycles. The maximum absolute atomic E-state index is 12.3. The minimum Gasteiger partial charge on any atom is -0.384 e. The first kappa shape index (κ1) is 24.1. The van der Waals surface area contributed by atoms with Gasteiger partial charge in [0.05, 0.1) is 18.7 Å². The summed E-state index contributed by atoms with van der Waals surface area (Å²) < 4.78 is 5.38. The lowest BCUT2D eigenvalue weighted by atomic mass is 9.79. The number of halogens is 2. The van der Waals surface area contributed by atoms with Crippen LogP contribution in [0.3, 0.4) is 0 Å². The van der Waals surface area contributed by atoms with Gasteiger partial charge in [0.1, 0.15) is 0 Å². The number of aromatic nitrogens is 1. The van der Waals surface area contributed by atoms with Crippen molar-refractivity contribution in [3.63, 3.8) is 0 Å². The molecular formula is C17H28Cl2N4O3S. The summed E-state index contributed by atoms with van der Waals surface area (Å²) in [5, 5.41) is 8.98. The Balaban J connectivity index is 0.00000182. The second kappa shape index (κ2) is 11.2. The standard InChI is InChI=1S/C17H26N4O3S.2ClH/c1-24-12-17(4-6-18-7-5-17)11-19-14(22)9-13-10-25-16(20-13)21-8-2-3-15(21)23;;/h10,18H,2-9,11-12H2,1H3,(H,19,22);2*1H. The zero-order valence-electron chi connectivity index (χ0n) is 15.5. The lowest BCUT2D eigenvalue weighted by Crippen LogP contribution is -2.47. The molecule has 1 aromatic rings. The van der Waals surface area contributed by atoms with E-state index in [0.29, 0.717) is 24.7 Å². The van der Waals surface area contributed by atoms with E-state index in [-0.39, 0.29) is 48.5 Å². The Kier molecular flexibility index (Phi) is 9.97. The fourth-order valence-electron chi connectivity index (χ4n) is 3.50. The number of hydrogen-bond acceptors (Lipinski definition) is 6. The van der Waals surface area contributed by atoms with Crippen molar-refractivity contribution in [1.29, 1.82) is 0 Å². The first-order chi connectivity index (χ1) is 12.1. The average Bonchev–Trinajstić information content (AvgIpc) is 3.23. The number of methoxy groups -OCH3 is 1. The molecule has 3 rings (SSSR count). The van der Waals surface area contributed by atoms with Crippen LogP contribution in [0, 0.1) is 5.41 Å². The minimum atomic E-state index is -0.0291. The van der Waals surface area contributed by atoms with Gasteiger partial charge in [-0.15, -0.1) is 36.2 Å². The second-order valence-electron chi connectivity index (χ2n) is 6.91. The number of ether oxygens (including phenoxy) is 1. The molecule has 10 heteroatoms. The third kappa shape index (κ3) is 6.29. The number of amides is 2. The summed E-state index contributed by atoms with van der Waals surface area (Å²) >= 11 is 1.43. The van der Waals surface area contributed by atoms with Gasteiger partial charge in [-0.05, 0) is 32.4 Å². The lowest BCUT2D eigenvalue weighted by molar-refractivity contribution is -0.121. The van der Waals surface area contributed by atoms with Crippen molar-refractivity contribution in [3.05, 3.63) is 11.1 Å². The van der Waals surface area contributed by atoms with Gasteiger partial charge in [-0.25, -0.2) is 4.98 Å². The van der Waals surface area contributed by atoms with E-state index in [1.165, 1.54) is 11.3 Å². The largest absolute Gasteiger partial charge is 0.384 e. The topological polar surface area (TPSA) is 83.6 Å². The van der Waals surface area contributed by atoms with Crippen LogP contribution < -0.4 is 15.5 Å². The van der Waals surface area contributed by atoms with Crippen molar-refractivity contribution >= 4 is 53.1 Å². The molecule has 154 valence electrons. The highest BCUT2D eigenvalue weighted by atomic mass is 35.5. The number of carbonyl (C=O) groups excluding carboxylic acids is 2. The molecule has 1 aromatic heterocycles.